The van der Waals surface area contributed by atoms with E-state index in [-0.39, 0.29) is 18.4 Å². The van der Waals surface area contributed by atoms with Gasteiger partial charge in [0.15, 0.2) is 11.5 Å². The van der Waals surface area contributed by atoms with Gasteiger partial charge in [-0.2, -0.15) is 0 Å². The maximum absolute atomic E-state index is 6.21. The van der Waals surface area contributed by atoms with Crippen molar-refractivity contribution in [2.24, 2.45) is 11.7 Å². The van der Waals surface area contributed by atoms with E-state index in [4.69, 9.17) is 15.2 Å². The molecule has 0 aliphatic heterocycles. The van der Waals surface area contributed by atoms with Gasteiger partial charge in [0.1, 0.15) is 0 Å². The predicted octanol–water partition coefficient (Wildman–Crippen LogP) is 3.17. The molecular formula is C13H22ClNO2. The highest BCUT2D eigenvalue weighted by Gasteiger charge is 2.19. The Labute approximate surface area is 110 Å². The van der Waals surface area contributed by atoms with Crippen LogP contribution < -0.4 is 15.2 Å². The summed E-state index contributed by atoms with van der Waals surface area (Å²) >= 11 is 0. The average Bonchev–Trinajstić information content (AvgIpc) is 2.35. The summed E-state index contributed by atoms with van der Waals surface area (Å²) in [6.07, 6.45) is 1.04. The molecule has 0 bridgehead atoms. The zero-order chi connectivity index (χ0) is 12.1. The van der Waals surface area contributed by atoms with Crippen LogP contribution in [0.5, 0.6) is 11.5 Å². The topological polar surface area (TPSA) is 44.5 Å². The zero-order valence-corrected chi connectivity index (χ0v) is 11.7. The van der Waals surface area contributed by atoms with Gasteiger partial charge in [-0.1, -0.05) is 32.4 Å². The first kappa shape index (κ1) is 16.1. The standard InChI is InChI=1S/C13H21NO2.ClH/c1-5-9(2)12(14)10-7-6-8-11(15-3)13(10)16-4;/h6-9,12H,5,14H2,1-4H3;1H/t9?,12-;/m0./s1. The van der Waals surface area contributed by atoms with E-state index in [1.165, 1.54) is 0 Å². The lowest BCUT2D eigenvalue weighted by Gasteiger charge is -2.22. The van der Waals surface area contributed by atoms with Gasteiger partial charge in [0.25, 0.3) is 0 Å². The Bertz CT molecular complexity index is 344. The number of nitrogens with two attached hydrogens (primary N) is 1. The molecule has 0 saturated carbocycles. The maximum atomic E-state index is 6.21. The van der Waals surface area contributed by atoms with Gasteiger partial charge in [-0.15, -0.1) is 12.4 Å². The van der Waals surface area contributed by atoms with Crippen LogP contribution in [-0.4, -0.2) is 14.2 Å². The van der Waals surface area contributed by atoms with Crippen molar-refractivity contribution in [1.82, 2.24) is 0 Å². The van der Waals surface area contributed by atoms with Crippen LogP contribution in [0.25, 0.3) is 0 Å². The van der Waals surface area contributed by atoms with Crippen molar-refractivity contribution in [2.45, 2.75) is 26.3 Å². The van der Waals surface area contributed by atoms with Crippen molar-refractivity contribution in [3.8, 4) is 11.5 Å². The van der Waals surface area contributed by atoms with E-state index in [0.29, 0.717) is 5.92 Å². The minimum absolute atomic E-state index is 0. The molecule has 0 spiro atoms. The van der Waals surface area contributed by atoms with Gasteiger partial charge in [-0.25, -0.2) is 0 Å². The van der Waals surface area contributed by atoms with Gasteiger partial charge in [-0.3, -0.25) is 0 Å². The third-order valence-electron chi connectivity index (χ3n) is 3.05. The van der Waals surface area contributed by atoms with E-state index in [0.717, 1.165) is 23.5 Å². The number of halogens is 1. The van der Waals surface area contributed by atoms with Gasteiger partial charge in [0.05, 0.1) is 14.2 Å². The minimum Gasteiger partial charge on any atom is -0.493 e. The molecule has 2 atom stereocenters. The van der Waals surface area contributed by atoms with Crippen molar-refractivity contribution < 1.29 is 9.47 Å². The number of hydrogen-bond acceptors (Lipinski definition) is 3. The van der Waals surface area contributed by atoms with Crippen LogP contribution in [-0.2, 0) is 0 Å². The highest BCUT2D eigenvalue weighted by Crippen LogP contribution is 2.36. The summed E-state index contributed by atoms with van der Waals surface area (Å²) < 4.78 is 10.6. The molecule has 0 aliphatic carbocycles. The third-order valence-corrected chi connectivity index (χ3v) is 3.05. The Balaban J connectivity index is 0.00000256. The van der Waals surface area contributed by atoms with E-state index in [9.17, 15) is 0 Å². The molecule has 0 heterocycles. The van der Waals surface area contributed by atoms with Crippen LogP contribution in [0.2, 0.25) is 0 Å². The van der Waals surface area contributed by atoms with Gasteiger partial charge in [-0.05, 0) is 12.0 Å². The molecule has 17 heavy (non-hydrogen) atoms. The lowest BCUT2D eigenvalue weighted by molar-refractivity contribution is 0.343. The SMILES string of the molecule is CCC(C)[C@H](N)c1cccc(OC)c1OC.Cl. The Kier molecular flexibility index (Phi) is 7.00. The fraction of sp³-hybridized carbons (Fsp3) is 0.538. The second-order valence-electron chi connectivity index (χ2n) is 3.99. The highest BCUT2D eigenvalue weighted by atomic mass is 35.5. The molecule has 0 aliphatic rings. The van der Waals surface area contributed by atoms with Crippen LogP contribution in [0.4, 0.5) is 0 Å². The quantitative estimate of drug-likeness (QED) is 0.883. The number of ether oxygens (including phenoxy) is 2. The molecule has 2 N–H and O–H groups in total. The lowest BCUT2D eigenvalue weighted by atomic mass is 9.92. The molecule has 1 unspecified atom stereocenters. The van der Waals surface area contributed by atoms with Crippen molar-refractivity contribution >= 4 is 12.4 Å². The number of hydrogen-bond donors (Lipinski definition) is 1. The summed E-state index contributed by atoms with van der Waals surface area (Å²) in [6.45, 7) is 4.28. The maximum Gasteiger partial charge on any atom is 0.165 e. The summed E-state index contributed by atoms with van der Waals surface area (Å²) in [7, 11) is 3.28. The van der Waals surface area contributed by atoms with E-state index >= 15 is 0 Å². The first-order valence-corrected chi connectivity index (χ1v) is 5.62. The van der Waals surface area contributed by atoms with Crippen molar-refractivity contribution in [1.29, 1.82) is 0 Å². The van der Waals surface area contributed by atoms with Crippen LogP contribution in [0, 0.1) is 5.92 Å². The molecule has 4 heteroatoms. The normalized spacial score (nSPS) is 13.5. The Morgan fingerprint density at radius 2 is 1.88 bits per heavy atom. The molecule has 1 rings (SSSR count). The van der Waals surface area contributed by atoms with Gasteiger partial charge in [0.2, 0.25) is 0 Å². The number of methoxy groups -OCH3 is 2. The smallest absolute Gasteiger partial charge is 0.165 e. The van der Waals surface area contributed by atoms with Crippen LogP contribution >= 0.6 is 12.4 Å². The molecule has 0 aromatic heterocycles. The fourth-order valence-corrected chi connectivity index (χ4v) is 1.73. The van der Waals surface area contributed by atoms with Crippen molar-refractivity contribution in [2.75, 3.05) is 14.2 Å². The molecule has 3 nitrogen and oxygen atoms in total. The fourth-order valence-electron chi connectivity index (χ4n) is 1.73. The Morgan fingerprint density at radius 1 is 1.24 bits per heavy atom. The van der Waals surface area contributed by atoms with Gasteiger partial charge in [0, 0.05) is 11.6 Å². The van der Waals surface area contributed by atoms with Crippen molar-refractivity contribution in [3.63, 3.8) is 0 Å². The second-order valence-corrected chi connectivity index (χ2v) is 3.99. The molecule has 1 aromatic carbocycles. The van der Waals surface area contributed by atoms with E-state index in [1.807, 2.05) is 18.2 Å². The Hall–Kier alpha value is -0.930. The summed E-state index contributed by atoms with van der Waals surface area (Å²) in [5.74, 6) is 1.90. The first-order valence-electron chi connectivity index (χ1n) is 5.62. The summed E-state index contributed by atoms with van der Waals surface area (Å²) in [6, 6.07) is 5.80. The average molecular weight is 260 g/mol. The van der Waals surface area contributed by atoms with E-state index in [1.54, 1.807) is 14.2 Å². The lowest BCUT2D eigenvalue weighted by Crippen LogP contribution is -2.19. The molecule has 0 radical (unpaired) electrons. The van der Waals surface area contributed by atoms with E-state index < -0.39 is 0 Å². The molecule has 0 amide bonds. The number of benzene rings is 1. The third kappa shape index (κ3) is 3.51. The van der Waals surface area contributed by atoms with Gasteiger partial charge >= 0.3 is 0 Å². The molecular weight excluding hydrogens is 238 g/mol. The zero-order valence-electron chi connectivity index (χ0n) is 10.9. The van der Waals surface area contributed by atoms with Crippen LogP contribution in [0.1, 0.15) is 31.9 Å². The molecule has 0 fully saturated rings. The largest absolute Gasteiger partial charge is 0.493 e. The van der Waals surface area contributed by atoms with E-state index in [2.05, 4.69) is 13.8 Å². The highest BCUT2D eigenvalue weighted by molar-refractivity contribution is 5.85. The van der Waals surface area contributed by atoms with Crippen molar-refractivity contribution in [3.05, 3.63) is 23.8 Å². The Morgan fingerprint density at radius 3 is 2.35 bits per heavy atom. The molecule has 98 valence electrons. The predicted molar refractivity (Wildman–Crippen MR) is 73.2 cm³/mol. The summed E-state index contributed by atoms with van der Waals surface area (Å²) in [4.78, 5) is 0. The van der Waals surface area contributed by atoms with Crippen LogP contribution in [0.15, 0.2) is 18.2 Å². The number of para-hydroxylation sites is 1. The number of rotatable bonds is 5. The summed E-state index contributed by atoms with van der Waals surface area (Å²) in [5.41, 5.74) is 7.22. The first-order chi connectivity index (χ1) is 7.65. The molecule has 1 aromatic rings. The monoisotopic (exact) mass is 259 g/mol. The minimum atomic E-state index is -0.0185. The molecule has 0 saturated heterocycles. The summed E-state index contributed by atoms with van der Waals surface area (Å²) in [5, 5.41) is 0. The second kappa shape index (κ2) is 7.41. The van der Waals surface area contributed by atoms with Gasteiger partial charge < -0.3 is 15.2 Å². The van der Waals surface area contributed by atoms with Crippen LogP contribution in [0.3, 0.4) is 0 Å².